The van der Waals surface area contributed by atoms with Crippen LogP contribution >= 0.6 is 0 Å². The minimum absolute atomic E-state index is 0.0246. The number of hydrogen-bond donors (Lipinski definition) is 3. The van der Waals surface area contributed by atoms with Crippen LogP contribution in [0.1, 0.15) is 51.6 Å². The van der Waals surface area contributed by atoms with Gasteiger partial charge in [-0.05, 0) is 47.9 Å². The minimum atomic E-state index is -0.493. The standard InChI is InChI=1S/C22H26N4O3/c1-22(7-8-22)13-25-19(27)15-10-17(20(28)23-2)21(29)26(12-15)11-14-4-3-5-18-16(14)6-9-24-18/h3-5,10,12,24H,6-9,11,13H2,1-2H3,(H,23,28)(H,25,27). The van der Waals surface area contributed by atoms with Gasteiger partial charge in [0.05, 0.1) is 12.1 Å². The van der Waals surface area contributed by atoms with Crippen molar-refractivity contribution in [3.8, 4) is 0 Å². The highest BCUT2D eigenvalue weighted by atomic mass is 16.2. The van der Waals surface area contributed by atoms with Gasteiger partial charge in [-0.25, -0.2) is 0 Å². The Balaban J connectivity index is 1.68. The molecule has 7 heteroatoms. The number of rotatable bonds is 6. The molecule has 7 nitrogen and oxygen atoms in total. The molecule has 1 fully saturated rings. The van der Waals surface area contributed by atoms with Crippen molar-refractivity contribution in [3.63, 3.8) is 0 Å². The molecule has 2 amide bonds. The summed E-state index contributed by atoms with van der Waals surface area (Å²) in [6.07, 6.45) is 4.65. The Kier molecular flexibility index (Phi) is 4.90. The summed E-state index contributed by atoms with van der Waals surface area (Å²) < 4.78 is 1.46. The molecule has 1 aliphatic carbocycles. The zero-order valence-electron chi connectivity index (χ0n) is 16.8. The molecule has 0 radical (unpaired) electrons. The number of hydrogen-bond acceptors (Lipinski definition) is 4. The predicted molar refractivity (Wildman–Crippen MR) is 112 cm³/mol. The average molecular weight is 394 g/mol. The second-order valence-corrected chi connectivity index (χ2v) is 8.27. The maximum Gasteiger partial charge on any atom is 0.263 e. The third kappa shape index (κ3) is 3.90. The monoisotopic (exact) mass is 394 g/mol. The first-order valence-corrected chi connectivity index (χ1v) is 10.00. The van der Waals surface area contributed by atoms with Crippen molar-refractivity contribution in [2.45, 2.75) is 32.7 Å². The van der Waals surface area contributed by atoms with Crippen LogP contribution in [0.2, 0.25) is 0 Å². The molecule has 0 spiro atoms. The topological polar surface area (TPSA) is 92.2 Å². The van der Waals surface area contributed by atoms with Crippen molar-refractivity contribution in [1.29, 1.82) is 0 Å². The van der Waals surface area contributed by atoms with Crippen molar-refractivity contribution >= 4 is 17.5 Å². The lowest BCUT2D eigenvalue weighted by Gasteiger charge is -2.15. The molecular formula is C22H26N4O3. The largest absolute Gasteiger partial charge is 0.384 e. The molecular weight excluding hydrogens is 368 g/mol. The van der Waals surface area contributed by atoms with E-state index >= 15 is 0 Å². The van der Waals surface area contributed by atoms with Gasteiger partial charge in [0, 0.05) is 32.0 Å². The van der Waals surface area contributed by atoms with Gasteiger partial charge < -0.3 is 20.5 Å². The van der Waals surface area contributed by atoms with Crippen LogP contribution in [0.15, 0.2) is 35.3 Å². The Bertz CT molecular complexity index is 1040. The molecule has 2 heterocycles. The molecule has 2 aliphatic rings. The van der Waals surface area contributed by atoms with Crippen LogP contribution in [-0.4, -0.2) is 36.5 Å². The van der Waals surface area contributed by atoms with Crippen LogP contribution in [0.4, 0.5) is 5.69 Å². The van der Waals surface area contributed by atoms with E-state index in [9.17, 15) is 14.4 Å². The fraction of sp³-hybridized carbons (Fsp3) is 0.409. The number of amides is 2. The number of carbonyl (C=O) groups excluding carboxylic acids is 2. The predicted octanol–water partition coefficient (Wildman–Crippen LogP) is 1.75. The van der Waals surface area contributed by atoms with Crippen molar-refractivity contribution in [3.05, 3.63) is 63.1 Å². The fourth-order valence-electron chi connectivity index (χ4n) is 3.71. The zero-order valence-corrected chi connectivity index (χ0v) is 16.8. The quantitative estimate of drug-likeness (QED) is 0.696. The van der Waals surface area contributed by atoms with E-state index < -0.39 is 11.5 Å². The first kappa shape index (κ1) is 19.2. The molecule has 1 aromatic carbocycles. The summed E-state index contributed by atoms with van der Waals surface area (Å²) >= 11 is 0. The number of carbonyl (C=O) groups is 2. The van der Waals surface area contributed by atoms with Gasteiger partial charge >= 0.3 is 0 Å². The summed E-state index contributed by atoms with van der Waals surface area (Å²) in [7, 11) is 1.47. The third-order valence-electron chi connectivity index (χ3n) is 5.90. The molecule has 0 atom stereocenters. The van der Waals surface area contributed by atoms with Crippen LogP contribution < -0.4 is 21.5 Å². The van der Waals surface area contributed by atoms with Crippen LogP contribution in [0.5, 0.6) is 0 Å². The van der Waals surface area contributed by atoms with Gasteiger partial charge in [0.1, 0.15) is 5.56 Å². The van der Waals surface area contributed by atoms with E-state index in [2.05, 4.69) is 22.9 Å². The Hall–Kier alpha value is -3.09. The van der Waals surface area contributed by atoms with Gasteiger partial charge in [-0.1, -0.05) is 19.1 Å². The maximum atomic E-state index is 12.9. The van der Waals surface area contributed by atoms with E-state index in [1.54, 1.807) is 6.20 Å². The summed E-state index contributed by atoms with van der Waals surface area (Å²) in [4.78, 5) is 37.9. The number of aromatic nitrogens is 1. The highest BCUT2D eigenvalue weighted by Gasteiger charge is 2.37. The highest BCUT2D eigenvalue weighted by Crippen LogP contribution is 2.44. The third-order valence-corrected chi connectivity index (χ3v) is 5.90. The van der Waals surface area contributed by atoms with Crippen molar-refractivity contribution in [2.24, 2.45) is 5.41 Å². The van der Waals surface area contributed by atoms with Gasteiger partial charge in [-0.3, -0.25) is 14.4 Å². The van der Waals surface area contributed by atoms with E-state index in [1.165, 1.54) is 23.2 Å². The Morgan fingerprint density at radius 1 is 1.24 bits per heavy atom. The van der Waals surface area contributed by atoms with Gasteiger partial charge in [0.25, 0.3) is 17.4 Å². The molecule has 152 valence electrons. The van der Waals surface area contributed by atoms with Crippen LogP contribution in [0, 0.1) is 5.41 Å². The van der Waals surface area contributed by atoms with Crippen LogP contribution in [0.3, 0.4) is 0 Å². The summed E-state index contributed by atoms with van der Waals surface area (Å²) in [5.41, 5.74) is 3.33. The Morgan fingerprint density at radius 2 is 2.03 bits per heavy atom. The molecule has 1 aliphatic heterocycles. The number of nitrogens with one attached hydrogen (secondary N) is 3. The number of pyridine rings is 1. The van der Waals surface area contributed by atoms with Crippen molar-refractivity contribution < 1.29 is 9.59 Å². The summed E-state index contributed by atoms with van der Waals surface area (Å²) in [5.74, 6) is -0.760. The van der Waals surface area contributed by atoms with E-state index in [0.29, 0.717) is 18.7 Å². The van der Waals surface area contributed by atoms with E-state index in [1.807, 2.05) is 18.2 Å². The Morgan fingerprint density at radius 3 is 2.76 bits per heavy atom. The first-order chi connectivity index (χ1) is 13.9. The summed E-state index contributed by atoms with van der Waals surface area (Å²) in [6, 6.07) is 7.34. The molecule has 3 N–H and O–H groups in total. The summed E-state index contributed by atoms with van der Waals surface area (Å²) in [6.45, 7) is 3.91. The summed E-state index contributed by atoms with van der Waals surface area (Å²) in [5, 5.41) is 8.77. The van der Waals surface area contributed by atoms with Crippen molar-refractivity contribution in [1.82, 2.24) is 15.2 Å². The normalized spacial score (nSPS) is 15.9. The van der Waals surface area contributed by atoms with Crippen molar-refractivity contribution in [2.75, 3.05) is 25.5 Å². The van der Waals surface area contributed by atoms with Gasteiger partial charge in [-0.2, -0.15) is 0 Å². The number of anilines is 1. The highest BCUT2D eigenvalue weighted by molar-refractivity contribution is 5.99. The van der Waals surface area contributed by atoms with Gasteiger partial charge in [0.2, 0.25) is 0 Å². The fourth-order valence-corrected chi connectivity index (χ4v) is 3.71. The molecule has 0 unspecified atom stereocenters. The molecule has 29 heavy (non-hydrogen) atoms. The maximum absolute atomic E-state index is 12.9. The first-order valence-electron chi connectivity index (χ1n) is 10.00. The Labute approximate surface area is 169 Å². The average Bonchev–Trinajstić information content (AvgIpc) is 3.25. The molecule has 4 rings (SSSR count). The van der Waals surface area contributed by atoms with Gasteiger partial charge in [-0.15, -0.1) is 0 Å². The lowest BCUT2D eigenvalue weighted by atomic mass is 10.0. The van der Waals surface area contributed by atoms with Gasteiger partial charge in [0.15, 0.2) is 0 Å². The number of nitrogens with zero attached hydrogens (tertiary/aromatic N) is 1. The molecule has 1 saturated carbocycles. The lowest BCUT2D eigenvalue weighted by Crippen LogP contribution is -2.35. The van der Waals surface area contributed by atoms with E-state index in [4.69, 9.17) is 0 Å². The SMILES string of the molecule is CNC(=O)c1cc(C(=O)NCC2(C)CC2)cn(Cc2cccc3c2CCN3)c1=O. The van der Waals surface area contributed by atoms with E-state index in [-0.39, 0.29) is 16.9 Å². The minimum Gasteiger partial charge on any atom is -0.384 e. The molecule has 2 aromatic rings. The second-order valence-electron chi connectivity index (χ2n) is 8.27. The smallest absolute Gasteiger partial charge is 0.263 e. The molecule has 1 aromatic heterocycles. The number of fused-ring (bicyclic) bond motifs is 1. The molecule has 0 bridgehead atoms. The lowest BCUT2D eigenvalue weighted by molar-refractivity contribution is 0.0945. The zero-order chi connectivity index (χ0) is 20.6. The van der Waals surface area contributed by atoms with E-state index in [0.717, 1.165) is 37.1 Å². The molecule has 0 saturated heterocycles. The van der Waals surface area contributed by atoms with Crippen LogP contribution in [-0.2, 0) is 13.0 Å². The second kappa shape index (κ2) is 7.39. The van der Waals surface area contributed by atoms with Crippen LogP contribution in [0.25, 0.3) is 0 Å². The number of benzene rings is 1.